The normalized spacial score (nSPS) is 17.8. The number of carbonyl (C=O) groups excluding carboxylic acids is 1. The second-order valence-corrected chi connectivity index (χ2v) is 5.20. The lowest BCUT2D eigenvalue weighted by molar-refractivity contribution is 0.207. The molecule has 1 saturated heterocycles. The van der Waals surface area contributed by atoms with Crippen LogP contribution >= 0.6 is 0 Å². The van der Waals surface area contributed by atoms with Crippen LogP contribution in [-0.2, 0) is 0 Å². The SMILES string of the molecule is O=C(Nc1ccccc1)N1CCCC1c1ccc(F)cc1. The van der Waals surface area contributed by atoms with Gasteiger partial charge in [-0.25, -0.2) is 9.18 Å². The molecule has 2 amide bonds. The molecule has 1 N–H and O–H groups in total. The van der Waals surface area contributed by atoms with Gasteiger partial charge in [-0.1, -0.05) is 30.3 Å². The molecule has 0 bridgehead atoms. The molecule has 1 aliphatic heterocycles. The molecule has 1 fully saturated rings. The van der Waals surface area contributed by atoms with Crippen LogP contribution in [0.1, 0.15) is 24.4 Å². The molecule has 2 aromatic rings. The molecule has 1 atom stereocenters. The van der Waals surface area contributed by atoms with Crippen molar-refractivity contribution in [3.8, 4) is 0 Å². The maximum absolute atomic E-state index is 13.0. The fourth-order valence-electron chi connectivity index (χ4n) is 2.76. The lowest BCUT2D eigenvalue weighted by atomic mass is 10.0. The number of amides is 2. The van der Waals surface area contributed by atoms with Crippen molar-refractivity contribution in [1.29, 1.82) is 0 Å². The Morgan fingerprint density at radius 2 is 1.81 bits per heavy atom. The summed E-state index contributed by atoms with van der Waals surface area (Å²) in [5.74, 6) is -0.253. The average Bonchev–Trinajstić information content (AvgIpc) is 2.98. The monoisotopic (exact) mass is 284 g/mol. The number of carbonyl (C=O) groups is 1. The van der Waals surface area contributed by atoms with Gasteiger partial charge in [-0.05, 0) is 42.7 Å². The number of nitrogens with zero attached hydrogens (tertiary/aromatic N) is 1. The van der Waals surface area contributed by atoms with Crippen LogP contribution < -0.4 is 5.32 Å². The number of anilines is 1. The number of urea groups is 1. The van der Waals surface area contributed by atoms with E-state index in [2.05, 4.69) is 5.32 Å². The molecule has 1 aliphatic rings. The number of benzene rings is 2. The van der Waals surface area contributed by atoms with Gasteiger partial charge in [0.25, 0.3) is 0 Å². The molecule has 0 aliphatic carbocycles. The summed E-state index contributed by atoms with van der Waals surface area (Å²) in [7, 11) is 0. The molecular formula is C17H17FN2O. The fourth-order valence-corrected chi connectivity index (χ4v) is 2.76. The predicted molar refractivity (Wildman–Crippen MR) is 80.5 cm³/mol. The number of likely N-dealkylation sites (tertiary alicyclic amines) is 1. The minimum absolute atomic E-state index is 0.0225. The third-order valence-corrected chi connectivity index (χ3v) is 3.79. The van der Waals surface area contributed by atoms with Gasteiger partial charge in [-0.2, -0.15) is 0 Å². The van der Waals surface area contributed by atoms with Gasteiger partial charge in [-0.15, -0.1) is 0 Å². The highest BCUT2D eigenvalue weighted by atomic mass is 19.1. The van der Waals surface area contributed by atoms with E-state index in [1.165, 1.54) is 12.1 Å². The highest BCUT2D eigenvalue weighted by Crippen LogP contribution is 2.32. The van der Waals surface area contributed by atoms with E-state index in [0.29, 0.717) is 0 Å². The molecule has 3 nitrogen and oxygen atoms in total. The topological polar surface area (TPSA) is 32.3 Å². The van der Waals surface area contributed by atoms with Crippen molar-refractivity contribution in [2.24, 2.45) is 0 Å². The van der Waals surface area contributed by atoms with Crippen molar-refractivity contribution >= 4 is 11.7 Å². The molecule has 0 saturated carbocycles. The summed E-state index contributed by atoms with van der Waals surface area (Å²) in [6.45, 7) is 0.723. The Morgan fingerprint density at radius 3 is 2.52 bits per heavy atom. The highest BCUT2D eigenvalue weighted by Gasteiger charge is 2.29. The Morgan fingerprint density at radius 1 is 1.10 bits per heavy atom. The van der Waals surface area contributed by atoms with Gasteiger partial charge >= 0.3 is 6.03 Å². The van der Waals surface area contributed by atoms with E-state index in [1.54, 1.807) is 12.1 Å². The highest BCUT2D eigenvalue weighted by molar-refractivity contribution is 5.89. The van der Waals surface area contributed by atoms with E-state index in [-0.39, 0.29) is 17.9 Å². The molecule has 108 valence electrons. The van der Waals surface area contributed by atoms with Crippen molar-refractivity contribution < 1.29 is 9.18 Å². The smallest absolute Gasteiger partial charge is 0.317 e. The molecule has 0 aromatic heterocycles. The van der Waals surface area contributed by atoms with Gasteiger partial charge in [0.05, 0.1) is 6.04 Å². The Balaban J connectivity index is 1.74. The van der Waals surface area contributed by atoms with Gasteiger partial charge in [0.1, 0.15) is 5.82 Å². The molecule has 4 heteroatoms. The summed E-state index contributed by atoms with van der Waals surface area (Å²) in [4.78, 5) is 14.2. The van der Waals surface area contributed by atoms with E-state index < -0.39 is 0 Å². The zero-order valence-corrected chi connectivity index (χ0v) is 11.6. The molecule has 1 unspecified atom stereocenters. The Labute approximate surface area is 123 Å². The largest absolute Gasteiger partial charge is 0.322 e. The molecule has 2 aromatic carbocycles. The van der Waals surface area contributed by atoms with Crippen LogP contribution in [0.25, 0.3) is 0 Å². The Bertz CT molecular complexity index is 612. The van der Waals surface area contributed by atoms with E-state index in [9.17, 15) is 9.18 Å². The number of rotatable bonds is 2. The summed E-state index contributed by atoms with van der Waals surface area (Å²) >= 11 is 0. The standard InChI is InChI=1S/C17H17FN2O/c18-14-10-8-13(9-11-14)16-7-4-12-20(16)17(21)19-15-5-2-1-3-6-15/h1-3,5-6,8-11,16H,4,7,12H2,(H,19,21). The third kappa shape index (κ3) is 3.05. The van der Waals surface area contributed by atoms with E-state index in [4.69, 9.17) is 0 Å². The number of hydrogen-bond donors (Lipinski definition) is 1. The summed E-state index contributed by atoms with van der Waals surface area (Å²) in [5, 5.41) is 2.91. The zero-order chi connectivity index (χ0) is 14.7. The molecular weight excluding hydrogens is 267 g/mol. The van der Waals surface area contributed by atoms with Gasteiger partial charge in [0, 0.05) is 12.2 Å². The molecule has 21 heavy (non-hydrogen) atoms. The van der Waals surface area contributed by atoms with Crippen molar-refractivity contribution in [2.45, 2.75) is 18.9 Å². The van der Waals surface area contributed by atoms with Crippen molar-refractivity contribution in [3.05, 3.63) is 66.0 Å². The minimum atomic E-state index is -0.253. The van der Waals surface area contributed by atoms with Crippen molar-refractivity contribution in [1.82, 2.24) is 4.90 Å². The van der Waals surface area contributed by atoms with E-state index in [0.717, 1.165) is 30.6 Å². The first-order chi connectivity index (χ1) is 10.2. The van der Waals surface area contributed by atoms with Crippen LogP contribution in [0, 0.1) is 5.82 Å². The minimum Gasteiger partial charge on any atom is -0.317 e. The molecule has 0 radical (unpaired) electrons. The zero-order valence-electron chi connectivity index (χ0n) is 11.6. The van der Waals surface area contributed by atoms with Crippen LogP contribution in [0.3, 0.4) is 0 Å². The second-order valence-electron chi connectivity index (χ2n) is 5.20. The van der Waals surface area contributed by atoms with Crippen molar-refractivity contribution in [2.75, 3.05) is 11.9 Å². The van der Waals surface area contributed by atoms with Crippen LogP contribution in [0.2, 0.25) is 0 Å². The first-order valence-corrected chi connectivity index (χ1v) is 7.12. The summed E-state index contributed by atoms with van der Waals surface area (Å²) in [5.41, 5.74) is 1.77. The summed E-state index contributed by atoms with van der Waals surface area (Å²) in [6.07, 6.45) is 1.87. The number of halogens is 1. The average molecular weight is 284 g/mol. The van der Waals surface area contributed by atoms with E-state index >= 15 is 0 Å². The van der Waals surface area contributed by atoms with Crippen LogP contribution in [-0.4, -0.2) is 17.5 Å². The molecule has 3 rings (SSSR count). The Kier molecular flexibility index (Phi) is 3.86. The molecule has 1 heterocycles. The van der Waals surface area contributed by atoms with Crippen LogP contribution in [0.5, 0.6) is 0 Å². The number of para-hydroxylation sites is 1. The van der Waals surface area contributed by atoms with Gasteiger partial charge < -0.3 is 10.2 Å². The third-order valence-electron chi connectivity index (χ3n) is 3.79. The second kappa shape index (κ2) is 5.95. The van der Waals surface area contributed by atoms with Crippen LogP contribution in [0.4, 0.5) is 14.9 Å². The van der Waals surface area contributed by atoms with Gasteiger partial charge in [0.15, 0.2) is 0 Å². The van der Waals surface area contributed by atoms with E-state index in [1.807, 2.05) is 35.2 Å². The quantitative estimate of drug-likeness (QED) is 0.881. The summed E-state index contributed by atoms with van der Waals surface area (Å²) in [6, 6.07) is 15.7. The predicted octanol–water partition coefficient (Wildman–Crippen LogP) is 4.19. The Hall–Kier alpha value is -2.36. The van der Waals surface area contributed by atoms with Gasteiger partial charge in [-0.3, -0.25) is 0 Å². The maximum Gasteiger partial charge on any atom is 0.322 e. The maximum atomic E-state index is 13.0. The first kappa shape index (κ1) is 13.6. The first-order valence-electron chi connectivity index (χ1n) is 7.12. The van der Waals surface area contributed by atoms with Gasteiger partial charge in [0.2, 0.25) is 0 Å². The fraction of sp³-hybridized carbons (Fsp3) is 0.235. The number of nitrogens with one attached hydrogen (secondary N) is 1. The molecule has 0 spiro atoms. The lowest BCUT2D eigenvalue weighted by Gasteiger charge is -2.25. The van der Waals surface area contributed by atoms with Crippen molar-refractivity contribution in [3.63, 3.8) is 0 Å². The number of hydrogen-bond acceptors (Lipinski definition) is 1. The summed E-state index contributed by atoms with van der Waals surface area (Å²) < 4.78 is 13.0. The lowest BCUT2D eigenvalue weighted by Crippen LogP contribution is -2.34. The van der Waals surface area contributed by atoms with Crippen LogP contribution in [0.15, 0.2) is 54.6 Å².